The fourth-order valence-corrected chi connectivity index (χ4v) is 2.27. The van der Waals surface area contributed by atoms with Crippen LogP contribution in [0.15, 0.2) is 42.5 Å². The summed E-state index contributed by atoms with van der Waals surface area (Å²) in [5, 5.41) is 13.4. The number of carbonyl (C=O) groups excluding carboxylic acids is 1. The summed E-state index contributed by atoms with van der Waals surface area (Å²) in [5.41, 5.74) is 1.28. The number of nitro benzene ring substituents is 1. The predicted molar refractivity (Wildman–Crippen MR) is 88.7 cm³/mol. The van der Waals surface area contributed by atoms with Gasteiger partial charge in [-0.25, -0.2) is 0 Å². The molecule has 0 saturated carbocycles. The van der Waals surface area contributed by atoms with Gasteiger partial charge in [0.25, 0.3) is 11.6 Å². The molecule has 7 heteroatoms. The van der Waals surface area contributed by atoms with Crippen LogP contribution < -0.4 is 14.8 Å². The highest BCUT2D eigenvalue weighted by Crippen LogP contribution is 2.27. The second-order valence-corrected chi connectivity index (χ2v) is 4.97. The average Bonchev–Trinajstić information content (AvgIpc) is 2.61. The van der Waals surface area contributed by atoms with Crippen LogP contribution in [0.3, 0.4) is 0 Å². The molecule has 0 heterocycles. The summed E-state index contributed by atoms with van der Waals surface area (Å²) in [4.78, 5) is 22.6. The lowest BCUT2D eigenvalue weighted by Gasteiger charge is -2.13. The number of hydrogen-bond donors (Lipinski definition) is 1. The molecule has 0 aliphatic heterocycles. The predicted octanol–water partition coefficient (Wildman–Crippen LogP) is 2.58. The molecule has 0 atom stereocenters. The van der Waals surface area contributed by atoms with E-state index in [2.05, 4.69) is 5.32 Å². The second kappa shape index (κ2) is 7.96. The van der Waals surface area contributed by atoms with Crippen LogP contribution in [0.25, 0.3) is 0 Å². The minimum Gasteiger partial charge on any atom is -0.496 e. The van der Waals surface area contributed by atoms with Crippen molar-refractivity contribution in [3.8, 4) is 11.5 Å². The first-order valence-electron chi connectivity index (χ1n) is 7.29. The number of non-ortho nitro benzene ring substituents is 1. The van der Waals surface area contributed by atoms with Gasteiger partial charge >= 0.3 is 0 Å². The summed E-state index contributed by atoms with van der Waals surface area (Å²) in [5.74, 6) is 0.565. The molecular weight excluding hydrogens is 312 g/mol. The van der Waals surface area contributed by atoms with E-state index in [1.165, 1.54) is 26.4 Å². The molecule has 0 aromatic heterocycles. The van der Waals surface area contributed by atoms with E-state index in [4.69, 9.17) is 9.47 Å². The van der Waals surface area contributed by atoms with Crippen molar-refractivity contribution in [3.05, 3.63) is 63.7 Å². The zero-order chi connectivity index (χ0) is 17.5. The van der Waals surface area contributed by atoms with Gasteiger partial charge in [-0.15, -0.1) is 0 Å². The van der Waals surface area contributed by atoms with Crippen molar-refractivity contribution >= 4 is 11.6 Å². The van der Waals surface area contributed by atoms with Gasteiger partial charge in [-0.05, 0) is 24.1 Å². The number of benzene rings is 2. The molecule has 0 unspecified atom stereocenters. The zero-order valence-corrected chi connectivity index (χ0v) is 13.4. The minimum atomic E-state index is -0.445. The fraction of sp³-hybridized carbons (Fsp3) is 0.235. The summed E-state index contributed by atoms with van der Waals surface area (Å²) in [6.45, 7) is 0.387. The van der Waals surface area contributed by atoms with Crippen LogP contribution in [-0.2, 0) is 6.42 Å². The molecule has 2 aromatic carbocycles. The van der Waals surface area contributed by atoms with Gasteiger partial charge < -0.3 is 14.8 Å². The molecule has 2 aromatic rings. The van der Waals surface area contributed by atoms with Crippen molar-refractivity contribution in [2.75, 3.05) is 20.8 Å². The first kappa shape index (κ1) is 17.3. The van der Waals surface area contributed by atoms with Gasteiger partial charge in [0.2, 0.25) is 0 Å². The molecule has 0 fully saturated rings. The van der Waals surface area contributed by atoms with E-state index in [-0.39, 0.29) is 11.6 Å². The summed E-state index contributed by atoms with van der Waals surface area (Å²) in [6.07, 6.45) is 0.557. The molecule has 126 valence electrons. The van der Waals surface area contributed by atoms with Crippen molar-refractivity contribution in [1.82, 2.24) is 5.32 Å². The number of methoxy groups -OCH3 is 2. The van der Waals surface area contributed by atoms with E-state index in [0.717, 1.165) is 5.56 Å². The van der Waals surface area contributed by atoms with Gasteiger partial charge in [0.1, 0.15) is 17.1 Å². The molecule has 0 bridgehead atoms. The van der Waals surface area contributed by atoms with Gasteiger partial charge in [-0.3, -0.25) is 14.9 Å². The lowest BCUT2D eigenvalue weighted by molar-refractivity contribution is -0.384. The Morgan fingerprint density at radius 2 is 1.67 bits per heavy atom. The van der Waals surface area contributed by atoms with Gasteiger partial charge in [-0.1, -0.05) is 18.2 Å². The van der Waals surface area contributed by atoms with Crippen LogP contribution in [0.1, 0.15) is 15.9 Å². The summed E-state index contributed by atoms with van der Waals surface area (Å²) in [7, 11) is 2.98. The number of rotatable bonds is 7. The van der Waals surface area contributed by atoms with Crippen molar-refractivity contribution in [1.29, 1.82) is 0 Å². The standard InChI is InChI=1S/C17H18N2O5/c1-23-14-4-3-5-15(24-2)16(14)17(20)18-11-10-12-6-8-13(9-7-12)19(21)22/h3-9H,10-11H2,1-2H3,(H,18,20). The Labute approximate surface area is 139 Å². The van der Waals surface area contributed by atoms with E-state index >= 15 is 0 Å². The zero-order valence-electron chi connectivity index (χ0n) is 13.4. The highest BCUT2D eigenvalue weighted by Gasteiger charge is 2.17. The molecule has 0 aliphatic rings. The van der Waals surface area contributed by atoms with Gasteiger partial charge in [0, 0.05) is 18.7 Å². The second-order valence-electron chi connectivity index (χ2n) is 4.97. The van der Waals surface area contributed by atoms with Crippen LogP contribution >= 0.6 is 0 Å². The van der Waals surface area contributed by atoms with E-state index in [0.29, 0.717) is 30.0 Å². The number of carbonyl (C=O) groups is 1. The molecular formula is C17H18N2O5. The van der Waals surface area contributed by atoms with Crippen molar-refractivity contribution in [3.63, 3.8) is 0 Å². The molecule has 1 N–H and O–H groups in total. The third-order valence-corrected chi connectivity index (χ3v) is 3.50. The maximum Gasteiger partial charge on any atom is 0.269 e. The van der Waals surface area contributed by atoms with Crippen LogP contribution in [0, 0.1) is 10.1 Å². The number of amides is 1. The average molecular weight is 330 g/mol. The lowest BCUT2D eigenvalue weighted by atomic mass is 10.1. The van der Waals surface area contributed by atoms with Crippen molar-refractivity contribution in [2.45, 2.75) is 6.42 Å². The number of nitrogens with zero attached hydrogens (tertiary/aromatic N) is 1. The quantitative estimate of drug-likeness (QED) is 0.622. The van der Waals surface area contributed by atoms with Crippen LogP contribution in [0.5, 0.6) is 11.5 Å². The fourth-order valence-electron chi connectivity index (χ4n) is 2.27. The maximum absolute atomic E-state index is 12.4. The van der Waals surface area contributed by atoms with Gasteiger partial charge in [0.15, 0.2) is 0 Å². The monoisotopic (exact) mass is 330 g/mol. The molecule has 0 aliphatic carbocycles. The van der Waals surface area contributed by atoms with Gasteiger partial charge in [0.05, 0.1) is 19.1 Å². The molecule has 7 nitrogen and oxygen atoms in total. The third-order valence-electron chi connectivity index (χ3n) is 3.50. The largest absolute Gasteiger partial charge is 0.496 e. The molecule has 1 amide bonds. The van der Waals surface area contributed by atoms with Gasteiger partial charge in [-0.2, -0.15) is 0 Å². The lowest BCUT2D eigenvalue weighted by Crippen LogP contribution is -2.26. The Bertz CT molecular complexity index is 706. The Kier molecular flexibility index (Phi) is 5.73. The first-order valence-corrected chi connectivity index (χ1v) is 7.29. The van der Waals surface area contributed by atoms with E-state index in [1.54, 1.807) is 30.3 Å². The van der Waals surface area contributed by atoms with Crippen molar-refractivity contribution in [2.24, 2.45) is 0 Å². The molecule has 2 rings (SSSR count). The first-order chi connectivity index (χ1) is 11.6. The third kappa shape index (κ3) is 4.01. The number of nitro groups is 1. The SMILES string of the molecule is COc1cccc(OC)c1C(=O)NCCc1ccc([N+](=O)[O-])cc1. The molecule has 24 heavy (non-hydrogen) atoms. The number of nitrogens with one attached hydrogen (secondary N) is 1. The number of ether oxygens (including phenoxy) is 2. The minimum absolute atomic E-state index is 0.0431. The van der Waals surface area contributed by atoms with E-state index < -0.39 is 4.92 Å². The van der Waals surface area contributed by atoms with Crippen molar-refractivity contribution < 1.29 is 19.2 Å². The summed E-state index contributed by atoms with van der Waals surface area (Å²) in [6, 6.07) is 11.4. The smallest absolute Gasteiger partial charge is 0.269 e. The Hall–Kier alpha value is -3.09. The molecule has 0 radical (unpaired) electrons. The van der Waals surface area contributed by atoms with Crippen LogP contribution in [0.2, 0.25) is 0 Å². The topological polar surface area (TPSA) is 90.7 Å². The van der Waals surface area contributed by atoms with Crippen LogP contribution in [-0.4, -0.2) is 31.6 Å². The molecule has 0 spiro atoms. The highest BCUT2D eigenvalue weighted by molar-refractivity contribution is 5.99. The maximum atomic E-state index is 12.4. The number of hydrogen-bond acceptors (Lipinski definition) is 5. The molecule has 0 saturated heterocycles. The Balaban J connectivity index is 2.00. The highest BCUT2D eigenvalue weighted by atomic mass is 16.6. The summed E-state index contributed by atoms with van der Waals surface area (Å²) < 4.78 is 10.4. The van der Waals surface area contributed by atoms with E-state index in [1.807, 2.05) is 0 Å². The van der Waals surface area contributed by atoms with E-state index in [9.17, 15) is 14.9 Å². The summed E-state index contributed by atoms with van der Waals surface area (Å²) >= 11 is 0. The normalized spacial score (nSPS) is 10.1. The Morgan fingerprint density at radius 3 is 2.17 bits per heavy atom. The Morgan fingerprint density at radius 1 is 1.08 bits per heavy atom. The van der Waals surface area contributed by atoms with Crippen LogP contribution in [0.4, 0.5) is 5.69 Å².